The quantitative estimate of drug-likeness (QED) is 0.933. The van der Waals surface area contributed by atoms with Crippen molar-refractivity contribution in [3.8, 4) is 11.3 Å². The predicted octanol–water partition coefficient (Wildman–Crippen LogP) is 3.93. The van der Waals surface area contributed by atoms with Gasteiger partial charge in [-0.1, -0.05) is 48.6 Å². The van der Waals surface area contributed by atoms with Crippen LogP contribution < -0.4 is 4.90 Å². The van der Waals surface area contributed by atoms with Crippen LogP contribution in [0, 0.1) is 5.92 Å². The highest BCUT2D eigenvalue weighted by Gasteiger charge is 2.27. The molecule has 0 bridgehead atoms. The van der Waals surface area contributed by atoms with E-state index in [4.69, 9.17) is 4.98 Å². The van der Waals surface area contributed by atoms with Crippen LogP contribution in [0.5, 0.6) is 0 Å². The normalized spacial score (nSPS) is 22.5. The maximum absolute atomic E-state index is 9.66. The van der Waals surface area contributed by atoms with Crippen molar-refractivity contribution in [3.63, 3.8) is 0 Å². The Kier molecular flexibility index (Phi) is 4.27. The Hall–Kier alpha value is -1.39. The molecule has 1 aliphatic heterocycles. The van der Waals surface area contributed by atoms with Crippen LogP contribution in [0.15, 0.2) is 30.3 Å². The van der Waals surface area contributed by atoms with E-state index in [2.05, 4.69) is 30.9 Å². The van der Waals surface area contributed by atoms with Gasteiger partial charge < -0.3 is 10.0 Å². The Labute approximate surface area is 130 Å². The van der Waals surface area contributed by atoms with E-state index in [-0.39, 0.29) is 6.61 Å². The van der Waals surface area contributed by atoms with Crippen LogP contribution in [0.25, 0.3) is 11.3 Å². The average Bonchev–Trinajstić information content (AvgIpc) is 2.95. The molecular formula is C17H22N2OS. The second kappa shape index (κ2) is 6.16. The lowest BCUT2D eigenvalue weighted by Gasteiger charge is -2.37. The van der Waals surface area contributed by atoms with Crippen molar-refractivity contribution < 1.29 is 5.11 Å². The second-order valence-electron chi connectivity index (χ2n) is 5.85. The van der Waals surface area contributed by atoms with Gasteiger partial charge in [0, 0.05) is 18.2 Å². The lowest BCUT2D eigenvalue weighted by molar-refractivity contribution is 0.286. The maximum atomic E-state index is 9.66. The van der Waals surface area contributed by atoms with Gasteiger partial charge in [0.05, 0.1) is 17.2 Å². The molecule has 1 N–H and O–H groups in total. The monoisotopic (exact) mass is 302 g/mol. The van der Waals surface area contributed by atoms with Gasteiger partial charge in [-0.2, -0.15) is 0 Å². The molecule has 2 atom stereocenters. The summed E-state index contributed by atoms with van der Waals surface area (Å²) < 4.78 is 0. The van der Waals surface area contributed by atoms with Gasteiger partial charge in [-0.25, -0.2) is 4.98 Å². The Balaban J connectivity index is 1.96. The molecule has 0 radical (unpaired) electrons. The van der Waals surface area contributed by atoms with E-state index >= 15 is 0 Å². The smallest absolute Gasteiger partial charge is 0.186 e. The minimum Gasteiger partial charge on any atom is -0.391 e. The van der Waals surface area contributed by atoms with Crippen LogP contribution in [0.2, 0.25) is 0 Å². The van der Waals surface area contributed by atoms with Crippen molar-refractivity contribution in [2.75, 3.05) is 11.4 Å². The summed E-state index contributed by atoms with van der Waals surface area (Å²) in [7, 11) is 0. The number of thiazole rings is 1. The minimum absolute atomic E-state index is 0.0552. The molecule has 1 aromatic heterocycles. The number of benzene rings is 1. The molecule has 1 fully saturated rings. The molecule has 4 heteroatoms. The predicted molar refractivity (Wildman–Crippen MR) is 88.7 cm³/mol. The third kappa shape index (κ3) is 2.83. The fourth-order valence-electron chi connectivity index (χ4n) is 3.00. The standard InChI is InChI=1S/C17H22N2OS/c1-12-7-6-10-19(13(12)2)17-18-16(15(11-20)21-17)14-8-4-3-5-9-14/h3-5,8-9,12-13,20H,6-7,10-11H2,1-2H3. The van der Waals surface area contributed by atoms with Crippen LogP contribution in [0.4, 0.5) is 5.13 Å². The van der Waals surface area contributed by atoms with Gasteiger partial charge in [-0.3, -0.25) is 0 Å². The summed E-state index contributed by atoms with van der Waals surface area (Å²) >= 11 is 1.63. The summed E-state index contributed by atoms with van der Waals surface area (Å²) in [5, 5.41) is 10.7. The molecule has 0 amide bonds. The SMILES string of the molecule is CC1CCCN(c2nc(-c3ccccc3)c(CO)s2)C1C. The number of hydrogen-bond donors (Lipinski definition) is 1. The van der Waals surface area contributed by atoms with Gasteiger partial charge in [0.15, 0.2) is 5.13 Å². The second-order valence-corrected chi connectivity index (χ2v) is 6.91. The average molecular weight is 302 g/mol. The zero-order chi connectivity index (χ0) is 14.8. The summed E-state index contributed by atoms with van der Waals surface area (Å²) in [5.74, 6) is 0.695. The molecule has 2 heterocycles. The molecular weight excluding hydrogens is 280 g/mol. The van der Waals surface area contributed by atoms with Crippen molar-refractivity contribution in [2.24, 2.45) is 5.92 Å². The Bertz CT molecular complexity index is 596. The maximum Gasteiger partial charge on any atom is 0.186 e. The van der Waals surface area contributed by atoms with Gasteiger partial charge in [0.1, 0.15) is 0 Å². The van der Waals surface area contributed by atoms with Gasteiger partial charge in [0.2, 0.25) is 0 Å². The van der Waals surface area contributed by atoms with Crippen LogP contribution in [0.1, 0.15) is 31.6 Å². The first-order chi connectivity index (χ1) is 10.2. The number of hydrogen-bond acceptors (Lipinski definition) is 4. The third-order valence-corrected chi connectivity index (χ3v) is 5.57. The summed E-state index contributed by atoms with van der Waals surface area (Å²) in [6.45, 7) is 5.72. The molecule has 1 aliphatic rings. The van der Waals surface area contributed by atoms with E-state index < -0.39 is 0 Å². The zero-order valence-corrected chi connectivity index (χ0v) is 13.4. The lowest BCUT2D eigenvalue weighted by atomic mass is 9.93. The molecule has 3 rings (SSSR count). The van der Waals surface area contributed by atoms with Gasteiger partial charge >= 0.3 is 0 Å². The first-order valence-electron chi connectivity index (χ1n) is 7.63. The van der Waals surface area contributed by atoms with Crippen LogP contribution in [-0.4, -0.2) is 22.7 Å². The van der Waals surface area contributed by atoms with Gasteiger partial charge in [-0.15, -0.1) is 0 Å². The molecule has 21 heavy (non-hydrogen) atoms. The molecule has 0 saturated carbocycles. The van der Waals surface area contributed by atoms with Crippen molar-refractivity contribution in [1.29, 1.82) is 0 Å². The summed E-state index contributed by atoms with van der Waals surface area (Å²) in [6.07, 6.45) is 2.52. The molecule has 0 spiro atoms. The highest BCUT2D eigenvalue weighted by molar-refractivity contribution is 7.16. The van der Waals surface area contributed by atoms with Crippen molar-refractivity contribution in [3.05, 3.63) is 35.2 Å². The highest BCUT2D eigenvalue weighted by Crippen LogP contribution is 2.36. The molecule has 2 unspecified atom stereocenters. The lowest BCUT2D eigenvalue weighted by Crippen LogP contribution is -2.42. The summed E-state index contributed by atoms with van der Waals surface area (Å²) in [5.41, 5.74) is 2.02. The van der Waals surface area contributed by atoms with Crippen LogP contribution >= 0.6 is 11.3 Å². The van der Waals surface area contributed by atoms with E-state index in [1.165, 1.54) is 12.8 Å². The van der Waals surface area contributed by atoms with E-state index in [0.717, 1.165) is 27.8 Å². The molecule has 0 aliphatic carbocycles. The number of nitrogens with zero attached hydrogens (tertiary/aromatic N) is 2. The number of aliphatic hydroxyl groups excluding tert-OH is 1. The van der Waals surface area contributed by atoms with E-state index in [9.17, 15) is 5.11 Å². The number of anilines is 1. The topological polar surface area (TPSA) is 36.4 Å². The van der Waals surface area contributed by atoms with Crippen LogP contribution in [-0.2, 0) is 6.61 Å². The Morgan fingerprint density at radius 3 is 2.76 bits per heavy atom. The molecule has 2 aromatic rings. The van der Waals surface area contributed by atoms with E-state index in [1.807, 2.05) is 18.2 Å². The number of aliphatic hydroxyl groups is 1. The molecule has 1 aromatic carbocycles. The fourth-order valence-corrected chi connectivity index (χ4v) is 4.05. The minimum atomic E-state index is 0.0552. The van der Waals surface area contributed by atoms with Crippen molar-refractivity contribution >= 4 is 16.5 Å². The zero-order valence-electron chi connectivity index (χ0n) is 12.6. The van der Waals surface area contributed by atoms with Gasteiger partial charge in [-0.05, 0) is 25.7 Å². The first kappa shape index (κ1) is 14.5. The van der Waals surface area contributed by atoms with E-state index in [1.54, 1.807) is 11.3 Å². The first-order valence-corrected chi connectivity index (χ1v) is 8.45. The fraction of sp³-hybridized carbons (Fsp3) is 0.471. The van der Waals surface area contributed by atoms with Crippen LogP contribution in [0.3, 0.4) is 0 Å². The number of piperidine rings is 1. The van der Waals surface area contributed by atoms with Crippen molar-refractivity contribution in [1.82, 2.24) is 4.98 Å². The molecule has 3 nitrogen and oxygen atoms in total. The Morgan fingerprint density at radius 1 is 1.29 bits per heavy atom. The largest absolute Gasteiger partial charge is 0.391 e. The van der Waals surface area contributed by atoms with Gasteiger partial charge in [0.25, 0.3) is 0 Å². The van der Waals surface area contributed by atoms with Crippen molar-refractivity contribution in [2.45, 2.75) is 39.3 Å². The summed E-state index contributed by atoms with van der Waals surface area (Å²) in [4.78, 5) is 8.21. The number of aromatic nitrogens is 1. The highest BCUT2D eigenvalue weighted by atomic mass is 32.1. The molecule has 1 saturated heterocycles. The molecule has 112 valence electrons. The van der Waals surface area contributed by atoms with E-state index in [0.29, 0.717) is 12.0 Å². The third-order valence-electron chi connectivity index (χ3n) is 4.50. The number of rotatable bonds is 3. The Morgan fingerprint density at radius 2 is 2.05 bits per heavy atom. The summed E-state index contributed by atoms with van der Waals surface area (Å²) in [6, 6.07) is 10.7.